The first-order chi connectivity index (χ1) is 10.3. The predicted octanol–water partition coefficient (Wildman–Crippen LogP) is 1.91. The van der Waals surface area contributed by atoms with E-state index in [4.69, 9.17) is 9.84 Å². The number of carbonyl (C=O) groups excluding carboxylic acids is 1. The summed E-state index contributed by atoms with van der Waals surface area (Å²) in [5.74, 6) is -5.07. The molecule has 0 spiro atoms. The van der Waals surface area contributed by atoms with Crippen LogP contribution in [0.1, 0.15) is 25.7 Å². The van der Waals surface area contributed by atoms with Gasteiger partial charge in [0.2, 0.25) is 5.91 Å². The largest absolute Gasteiger partial charge is 0.481 e. The number of hydrogen-bond acceptors (Lipinski definition) is 3. The molecule has 0 saturated carbocycles. The average Bonchev–Trinajstić information content (AvgIpc) is 2.91. The van der Waals surface area contributed by atoms with Gasteiger partial charge in [-0.05, 0) is 25.2 Å². The van der Waals surface area contributed by atoms with Crippen molar-refractivity contribution in [3.05, 3.63) is 0 Å². The van der Waals surface area contributed by atoms with Crippen molar-refractivity contribution >= 4 is 11.9 Å². The van der Waals surface area contributed by atoms with Crippen molar-refractivity contribution in [3.63, 3.8) is 0 Å². The van der Waals surface area contributed by atoms with E-state index >= 15 is 0 Å². The van der Waals surface area contributed by atoms with E-state index in [2.05, 4.69) is 0 Å². The summed E-state index contributed by atoms with van der Waals surface area (Å²) < 4.78 is 43.8. The van der Waals surface area contributed by atoms with Crippen LogP contribution in [0.25, 0.3) is 0 Å². The molecule has 0 radical (unpaired) electrons. The number of nitrogens with zero attached hydrogens (tertiary/aromatic N) is 1. The van der Waals surface area contributed by atoms with E-state index in [1.165, 1.54) is 0 Å². The fourth-order valence-electron chi connectivity index (χ4n) is 3.11. The van der Waals surface area contributed by atoms with Gasteiger partial charge in [-0.3, -0.25) is 9.59 Å². The molecule has 0 unspecified atom stereocenters. The van der Waals surface area contributed by atoms with Crippen molar-refractivity contribution < 1.29 is 32.6 Å². The van der Waals surface area contributed by atoms with Crippen LogP contribution >= 0.6 is 0 Å². The van der Waals surface area contributed by atoms with Crippen LogP contribution in [0.5, 0.6) is 0 Å². The standard InChI is InChI=1S/C14H20F3NO4/c15-14(16,17)11-8-18(7-10(11)13(20)21)12(19)2-1-9-3-5-22-6-4-9/h9-11H,1-8H2,(H,20,21)/t10-,11-/m1/s1. The van der Waals surface area contributed by atoms with Gasteiger partial charge in [0.1, 0.15) is 0 Å². The second-order valence-corrected chi connectivity index (χ2v) is 5.99. The number of amides is 1. The van der Waals surface area contributed by atoms with E-state index in [0.717, 1.165) is 17.7 Å². The number of halogens is 3. The van der Waals surface area contributed by atoms with Crippen LogP contribution < -0.4 is 0 Å². The van der Waals surface area contributed by atoms with Crippen molar-refractivity contribution in [1.82, 2.24) is 4.90 Å². The molecule has 0 aromatic carbocycles. The molecule has 2 heterocycles. The Kier molecular flexibility index (Phi) is 5.31. The van der Waals surface area contributed by atoms with Crippen LogP contribution in [0.15, 0.2) is 0 Å². The highest BCUT2D eigenvalue weighted by molar-refractivity contribution is 5.79. The van der Waals surface area contributed by atoms with Crippen molar-refractivity contribution in [3.8, 4) is 0 Å². The van der Waals surface area contributed by atoms with Crippen molar-refractivity contribution in [2.24, 2.45) is 17.8 Å². The van der Waals surface area contributed by atoms with Crippen molar-refractivity contribution in [1.29, 1.82) is 0 Å². The summed E-state index contributed by atoms with van der Waals surface area (Å²) in [6.45, 7) is 0.402. The molecule has 2 aliphatic rings. The topological polar surface area (TPSA) is 66.8 Å². The second kappa shape index (κ2) is 6.85. The number of carboxylic acid groups (broad SMARTS) is 1. The minimum Gasteiger partial charge on any atom is -0.481 e. The first-order valence-electron chi connectivity index (χ1n) is 7.44. The Morgan fingerprint density at radius 1 is 1.18 bits per heavy atom. The normalized spacial score (nSPS) is 27.1. The highest BCUT2D eigenvalue weighted by atomic mass is 19.4. The fraction of sp³-hybridized carbons (Fsp3) is 0.857. The molecule has 1 amide bonds. The van der Waals surface area contributed by atoms with E-state index in [9.17, 15) is 22.8 Å². The minimum atomic E-state index is -4.60. The molecule has 0 aromatic rings. The van der Waals surface area contributed by atoms with Gasteiger partial charge in [0.25, 0.3) is 0 Å². The summed E-state index contributed by atoms with van der Waals surface area (Å²) in [5.41, 5.74) is 0. The van der Waals surface area contributed by atoms with Gasteiger partial charge >= 0.3 is 12.1 Å². The molecule has 2 saturated heterocycles. The third-order valence-corrected chi connectivity index (χ3v) is 4.52. The second-order valence-electron chi connectivity index (χ2n) is 5.99. The van der Waals surface area contributed by atoms with Gasteiger partial charge in [-0.2, -0.15) is 13.2 Å². The molecule has 2 fully saturated rings. The maximum Gasteiger partial charge on any atom is 0.394 e. The summed E-state index contributed by atoms with van der Waals surface area (Å²) >= 11 is 0. The smallest absolute Gasteiger partial charge is 0.394 e. The lowest BCUT2D eigenvalue weighted by atomic mass is 9.95. The number of rotatable bonds is 4. The molecule has 22 heavy (non-hydrogen) atoms. The average molecular weight is 323 g/mol. The molecule has 0 aliphatic carbocycles. The monoisotopic (exact) mass is 323 g/mol. The summed E-state index contributed by atoms with van der Waals surface area (Å²) in [5, 5.41) is 8.93. The molecular weight excluding hydrogens is 303 g/mol. The summed E-state index contributed by atoms with van der Waals surface area (Å²) in [6.07, 6.45) is -2.10. The van der Waals surface area contributed by atoms with Gasteiger partial charge in [0.05, 0.1) is 11.8 Å². The van der Waals surface area contributed by atoms with Crippen LogP contribution in [0, 0.1) is 17.8 Å². The van der Waals surface area contributed by atoms with Crippen molar-refractivity contribution in [2.45, 2.75) is 31.9 Å². The van der Waals surface area contributed by atoms with Crippen molar-refractivity contribution in [2.75, 3.05) is 26.3 Å². The molecule has 2 aliphatic heterocycles. The van der Waals surface area contributed by atoms with Crippen LogP contribution in [0.3, 0.4) is 0 Å². The Hall–Kier alpha value is -1.31. The predicted molar refractivity (Wildman–Crippen MR) is 70.0 cm³/mol. The molecular formula is C14H20F3NO4. The number of ether oxygens (including phenoxy) is 1. The Morgan fingerprint density at radius 2 is 1.82 bits per heavy atom. The van der Waals surface area contributed by atoms with Gasteiger partial charge in [0.15, 0.2) is 0 Å². The van der Waals surface area contributed by atoms with E-state index in [1.54, 1.807) is 0 Å². The molecule has 2 atom stereocenters. The van der Waals surface area contributed by atoms with Gasteiger partial charge in [-0.25, -0.2) is 0 Å². The Bertz CT molecular complexity index is 421. The summed E-state index contributed by atoms with van der Waals surface area (Å²) in [4.78, 5) is 24.1. The molecule has 2 rings (SSSR count). The Morgan fingerprint density at radius 3 is 2.32 bits per heavy atom. The molecule has 5 nitrogen and oxygen atoms in total. The van der Waals surface area contributed by atoms with E-state index in [-0.39, 0.29) is 18.9 Å². The Labute approximate surface area is 126 Å². The zero-order valence-corrected chi connectivity index (χ0v) is 12.1. The third kappa shape index (κ3) is 4.12. The quantitative estimate of drug-likeness (QED) is 0.858. The number of carboxylic acids is 1. The highest BCUT2D eigenvalue weighted by Gasteiger charge is 2.53. The SMILES string of the molecule is O=C(O)[C@@H]1CN(C(=O)CCC2CCOCC2)C[C@H]1C(F)(F)F. The lowest BCUT2D eigenvalue weighted by Crippen LogP contribution is -2.34. The lowest BCUT2D eigenvalue weighted by Gasteiger charge is -2.23. The minimum absolute atomic E-state index is 0.168. The van der Waals surface area contributed by atoms with E-state index in [1.807, 2.05) is 0 Å². The first-order valence-corrected chi connectivity index (χ1v) is 7.44. The maximum absolute atomic E-state index is 12.9. The fourth-order valence-corrected chi connectivity index (χ4v) is 3.11. The molecule has 1 N–H and O–H groups in total. The maximum atomic E-state index is 12.9. The van der Waals surface area contributed by atoms with Crippen LogP contribution in [0.2, 0.25) is 0 Å². The van der Waals surface area contributed by atoms with E-state index in [0.29, 0.717) is 25.6 Å². The van der Waals surface area contributed by atoms with E-state index < -0.39 is 30.5 Å². The van der Waals surface area contributed by atoms with Gasteiger partial charge < -0.3 is 14.7 Å². The van der Waals surface area contributed by atoms with Gasteiger partial charge in [-0.1, -0.05) is 0 Å². The molecule has 8 heteroatoms. The number of aliphatic carboxylic acids is 1. The number of alkyl halides is 3. The zero-order chi connectivity index (χ0) is 16.3. The Balaban J connectivity index is 1.89. The highest BCUT2D eigenvalue weighted by Crippen LogP contribution is 2.38. The van der Waals surface area contributed by atoms with Crippen LogP contribution in [0.4, 0.5) is 13.2 Å². The summed E-state index contributed by atoms with van der Waals surface area (Å²) in [6, 6.07) is 0. The molecule has 126 valence electrons. The lowest BCUT2D eigenvalue weighted by molar-refractivity contribution is -0.188. The molecule has 0 bridgehead atoms. The van der Waals surface area contributed by atoms with Crippen LogP contribution in [-0.2, 0) is 14.3 Å². The van der Waals surface area contributed by atoms with Crippen LogP contribution in [-0.4, -0.2) is 54.4 Å². The third-order valence-electron chi connectivity index (χ3n) is 4.52. The number of carbonyl (C=O) groups is 2. The number of hydrogen-bond donors (Lipinski definition) is 1. The first kappa shape index (κ1) is 17.1. The van der Waals surface area contributed by atoms with Gasteiger partial charge in [0, 0.05) is 32.7 Å². The number of likely N-dealkylation sites (tertiary alicyclic amines) is 1. The van der Waals surface area contributed by atoms with Gasteiger partial charge in [-0.15, -0.1) is 0 Å². The summed E-state index contributed by atoms with van der Waals surface area (Å²) in [7, 11) is 0. The zero-order valence-electron chi connectivity index (χ0n) is 12.1. The molecule has 0 aromatic heterocycles.